The average Bonchev–Trinajstić information content (AvgIpc) is 2.64. The normalized spacial score (nSPS) is 23.6. The molecule has 15 heavy (non-hydrogen) atoms. The van der Waals surface area contributed by atoms with Gasteiger partial charge in [0.2, 0.25) is 0 Å². The van der Waals surface area contributed by atoms with Crippen LogP contribution in [0.15, 0.2) is 0 Å². The topological polar surface area (TPSA) is 24.1 Å². The lowest BCUT2D eigenvalue weighted by Gasteiger charge is -2.18. The first-order valence-electron chi connectivity index (χ1n) is 6.65. The minimum absolute atomic E-state index is 0.674. The van der Waals surface area contributed by atoms with E-state index in [9.17, 15) is 0 Å². The molecule has 0 bridgehead atoms. The highest BCUT2D eigenvalue weighted by Gasteiger charge is 2.16. The van der Waals surface area contributed by atoms with Crippen molar-refractivity contribution in [3.8, 4) is 0 Å². The van der Waals surface area contributed by atoms with Crippen molar-refractivity contribution in [1.82, 2.24) is 10.6 Å². The van der Waals surface area contributed by atoms with Gasteiger partial charge in [-0.1, -0.05) is 13.8 Å². The van der Waals surface area contributed by atoms with Crippen LogP contribution in [0, 0.1) is 5.92 Å². The summed E-state index contributed by atoms with van der Waals surface area (Å²) < 4.78 is 0. The van der Waals surface area contributed by atoms with Crippen LogP contribution >= 0.6 is 0 Å². The van der Waals surface area contributed by atoms with Gasteiger partial charge < -0.3 is 10.6 Å². The molecule has 1 aliphatic rings. The number of nitrogens with one attached hydrogen (secondary N) is 2. The highest BCUT2D eigenvalue weighted by atomic mass is 15.0. The van der Waals surface area contributed by atoms with Gasteiger partial charge >= 0.3 is 0 Å². The Kier molecular flexibility index (Phi) is 6.26. The molecule has 1 rings (SSSR count). The Labute approximate surface area is 95.2 Å². The second-order valence-electron chi connectivity index (χ2n) is 5.42. The van der Waals surface area contributed by atoms with Crippen LogP contribution in [0.1, 0.15) is 52.9 Å². The molecular weight excluding hydrogens is 184 g/mol. The van der Waals surface area contributed by atoms with Crippen molar-refractivity contribution in [3.05, 3.63) is 0 Å². The van der Waals surface area contributed by atoms with E-state index in [0.717, 1.165) is 12.0 Å². The number of rotatable bonds is 7. The van der Waals surface area contributed by atoms with E-state index < -0.39 is 0 Å². The summed E-state index contributed by atoms with van der Waals surface area (Å²) in [4.78, 5) is 0. The van der Waals surface area contributed by atoms with E-state index in [4.69, 9.17) is 0 Å². The van der Waals surface area contributed by atoms with Crippen LogP contribution in [0.2, 0.25) is 0 Å². The van der Waals surface area contributed by atoms with Gasteiger partial charge in [-0.25, -0.2) is 0 Å². The van der Waals surface area contributed by atoms with Crippen LogP contribution in [0.5, 0.6) is 0 Å². The summed E-state index contributed by atoms with van der Waals surface area (Å²) in [6, 6.07) is 1.45. The fraction of sp³-hybridized carbons (Fsp3) is 1.00. The Morgan fingerprint density at radius 1 is 1.33 bits per heavy atom. The quantitative estimate of drug-likeness (QED) is 0.634. The molecule has 0 aromatic rings. The number of hydrogen-bond acceptors (Lipinski definition) is 2. The second-order valence-corrected chi connectivity index (χ2v) is 5.42. The molecule has 0 amide bonds. The van der Waals surface area contributed by atoms with Crippen molar-refractivity contribution in [2.75, 3.05) is 13.1 Å². The summed E-state index contributed by atoms with van der Waals surface area (Å²) in [5, 5.41) is 7.18. The first-order valence-corrected chi connectivity index (χ1v) is 6.65. The zero-order valence-corrected chi connectivity index (χ0v) is 10.7. The Hall–Kier alpha value is -0.0800. The Balaban J connectivity index is 1.95. The van der Waals surface area contributed by atoms with Crippen molar-refractivity contribution < 1.29 is 0 Å². The Morgan fingerprint density at radius 2 is 2.13 bits per heavy atom. The van der Waals surface area contributed by atoms with Crippen LogP contribution in [0.3, 0.4) is 0 Å². The minimum atomic E-state index is 0.674. The van der Waals surface area contributed by atoms with E-state index in [-0.39, 0.29) is 0 Å². The third kappa shape index (κ3) is 6.16. The van der Waals surface area contributed by atoms with Gasteiger partial charge in [0.25, 0.3) is 0 Å². The molecule has 0 aliphatic carbocycles. The number of hydrogen-bond donors (Lipinski definition) is 2. The summed E-state index contributed by atoms with van der Waals surface area (Å²) in [7, 11) is 0. The van der Waals surface area contributed by atoms with Gasteiger partial charge in [-0.2, -0.15) is 0 Å². The Bertz CT molecular complexity index is 151. The van der Waals surface area contributed by atoms with Crippen molar-refractivity contribution in [3.63, 3.8) is 0 Å². The summed E-state index contributed by atoms with van der Waals surface area (Å²) in [6.07, 6.45) is 6.70. The fourth-order valence-electron chi connectivity index (χ4n) is 2.33. The van der Waals surface area contributed by atoms with E-state index >= 15 is 0 Å². The monoisotopic (exact) mass is 212 g/mol. The molecule has 1 aliphatic heterocycles. The largest absolute Gasteiger partial charge is 0.314 e. The third-order valence-electron chi connectivity index (χ3n) is 3.25. The first-order chi connectivity index (χ1) is 7.18. The molecule has 0 saturated carbocycles. The molecule has 2 N–H and O–H groups in total. The van der Waals surface area contributed by atoms with Crippen LogP contribution in [0.4, 0.5) is 0 Å². The van der Waals surface area contributed by atoms with Crippen LogP contribution < -0.4 is 10.6 Å². The van der Waals surface area contributed by atoms with Gasteiger partial charge in [0.15, 0.2) is 0 Å². The first kappa shape index (κ1) is 13.0. The van der Waals surface area contributed by atoms with E-state index in [1.54, 1.807) is 0 Å². The molecule has 0 aromatic heterocycles. The zero-order chi connectivity index (χ0) is 11.1. The zero-order valence-electron chi connectivity index (χ0n) is 10.7. The molecule has 2 unspecified atom stereocenters. The molecular formula is C13H28N2. The van der Waals surface area contributed by atoms with Crippen LogP contribution in [-0.4, -0.2) is 25.2 Å². The lowest BCUT2D eigenvalue weighted by atomic mass is 10.1. The third-order valence-corrected chi connectivity index (χ3v) is 3.25. The smallest absolute Gasteiger partial charge is 0.00822 e. The van der Waals surface area contributed by atoms with E-state index in [2.05, 4.69) is 31.4 Å². The minimum Gasteiger partial charge on any atom is -0.314 e. The van der Waals surface area contributed by atoms with Gasteiger partial charge in [-0.05, 0) is 58.0 Å². The lowest BCUT2D eigenvalue weighted by molar-refractivity contribution is 0.426. The van der Waals surface area contributed by atoms with Gasteiger partial charge in [0, 0.05) is 12.1 Å². The maximum absolute atomic E-state index is 3.62. The van der Waals surface area contributed by atoms with Crippen LogP contribution in [-0.2, 0) is 0 Å². The molecule has 0 aromatic carbocycles. The second kappa shape index (κ2) is 7.24. The summed E-state index contributed by atoms with van der Waals surface area (Å²) in [6.45, 7) is 9.32. The van der Waals surface area contributed by atoms with Crippen molar-refractivity contribution >= 4 is 0 Å². The molecule has 2 heteroatoms. The molecule has 0 radical (unpaired) electrons. The average molecular weight is 212 g/mol. The molecule has 1 fully saturated rings. The molecule has 90 valence electrons. The van der Waals surface area contributed by atoms with Crippen molar-refractivity contribution in [2.24, 2.45) is 5.92 Å². The maximum atomic E-state index is 3.62. The lowest BCUT2D eigenvalue weighted by Crippen LogP contribution is -2.34. The molecule has 1 heterocycles. The predicted octanol–water partition coefficient (Wildman–Crippen LogP) is 2.54. The molecule has 0 spiro atoms. The summed E-state index contributed by atoms with van der Waals surface area (Å²) in [5.74, 6) is 0.846. The van der Waals surface area contributed by atoms with Gasteiger partial charge in [-0.15, -0.1) is 0 Å². The van der Waals surface area contributed by atoms with E-state index in [0.29, 0.717) is 6.04 Å². The standard InChI is InChI=1S/C13H28N2/c1-11(2)6-4-8-14-12(3)10-13-7-5-9-15-13/h11-15H,4-10H2,1-3H3. The van der Waals surface area contributed by atoms with Gasteiger partial charge in [0.05, 0.1) is 0 Å². The molecule has 1 saturated heterocycles. The maximum Gasteiger partial charge on any atom is 0.00822 e. The van der Waals surface area contributed by atoms with Crippen LogP contribution in [0.25, 0.3) is 0 Å². The Morgan fingerprint density at radius 3 is 2.73 bits per heavy atom. The SMILES string of the molecule is CC(C)CCCNC(C)CC1CCCN1. The van der Waals surface area contributed by atoms with Gasteiger partial charge in [-0.3, -0.25) is 0 Å². The highest BCUT2D eigenvalue weighted by molar-refractivity contribution is 4.78. The van der Waals surface area contributed by atoms with E-state index in [1.165, 1.54) is 45.2 Å². The van der Waals surface area contributed by atoms with Crippen molar-refractivity contribution in [2.45, 2.75) is 65.0 Å². The molecule has 2 nitrogen and oxygen atoms in total. The molecule has 2 atom stereocenters. The summed E-state index contributed by atoms with van der Waals surface area (Å²) >= 11 is 0. The predicted molar refractivity (Wildman–Crippen MR) is 67.2 cm³/mol. The highest BCUT2D eigenvalue weighted by Crippen LogP contribution is 2.11. The van der Waals surface area contributed by atoms with E-state index in [1.807, 2.05) is 0 Å². The summed E-state index contributed by atoms with van der Waals surface area (Å²) in [5.41, 5.74) is 0. The van der Waals surface area contributed by atoms with Crippen molar-refractivity contribution in [1.29, 1.82) is 0 Å². The van der Waals surface area contributed by atoms with Gasteiger partial charge in [0.1, 0.15) is 0 Å². The fourth-order valence-corrected chi connectivity index (χ4v) is 2.33.